The van der Waals surface area contributed by atoms with E-state index in [9.17, 15) is 9.90 Å². The van der Waals surface area contributed by atoms with Crippen LogP contribution >= 0.6 is 0 Å². The van der Waals surface area contributed by atoms with Gasteiger partial charge in [0.05, 0.1) is 0 Å². The maximum absolute atomic E-state index is 10.1. The minimum absolute atomic E-state index is 0.315. The molecule has 0 aliphatic rings. The zero-order valence-corrected chi connectivity index (χ0v) is 12.6. The minimum atomic E-state index is -0.666. The highest BCUT2D eigenvalue weighted by Crippen LogP contribution is 2.22. The molecule has 0 fully saturated rings. The lowest BCUT2D eigenvalue weighted by atomic mass is 10.1. The molecule has 2 aromatic rings. The lowest BCUT2D eigenvalue weighted by molar-refractivity contribution is -0.137. The first-order valence-electron chi connectivity index (χ1n) is 7.62. The zero-order chi connectivity index (χ0) is 15.5. The van der Waals surface area contributed by atoms with Gasteiger partial charge in [-0.15, -0.1) is 0 Å². The highest BCUT2D eigenvalue weighted by atomic mass is 16.4. The Kier molecular flexibility index (Phi) is 8.02. The fourth-order valence-corrected chi connectivity index (χ4v) is 2.11. The number of H-pyrrole nitrogens is 1. The van der Waals surface area contributed by atoms with Gasteiger partial charge in [0.25, 0.3) is 0 Å². The number of para-hydroxylation sites is 1. The molecule has 0 bridgehead atoms. The molecule has 0 saturated heterocycles. The Morgan fingerprint density at radius 1 is 1.10 bits per heavy atom. The largest absolute Gasteiger partial charge is 0.506 e. The molecule has 1 aromatic heterocycles. The van der Waals surface area contributed by atoms with Gasteiger partial charge in [-0.25, -0.2) is 0 Å². The van der Waals surface area contributed by atoms with E-state index in [1.54, 1.807) is 6.20 Å². The summed E-state index contributed by atoms with van der Waals surface area (Å²) in [6.45, 7) is 2.18. The third-order valence-corrected chi connectivity index (χ3v) is 3.31. The number of hydrogen-bond donors (Lipinski definition) is 3. The Hall–Kier alpha value is -1.97. The van der Waals surface area contributed by atoms with Crippen LogP contribution in [0.3, 0.4) is 0 Å². The molecule has 0 atom stereocenters. The number of carboxylic acids is 1. The standard InChI is InChI=1S/C9H18O2.C8H7NO/c1-2-3-4-5-6-7-8-9(10)11;10-8-5-9-7-4-2-1-3-6(7)8/h2-8H2,1H3,(H,10,11);1-5,9-10H. The summed E-state index contributed by atoms with van der Waals surface area (Å²) in [5.41, 5.74) is 0.972. The number of fused-ring (bicyclic) bond motifs is 1. The van der Waals surface area contributed by atoms with Crippen LogP contribution < -0.4 is 0 Å². The molecular weight excluding hydrogens is 266 g/mol. The van der Waals surface area contributed by atoms with Gasteiger partial charge in [-0.2, -0.15) is 0 Å². The summed E-state index contributed by atoms with van der Waals surface area (Å²) in [5.74, 6) is -0.351. The van der Waals surface area contributed by atoms with Crippen molar-refractivity contribution in [3.05, 3.63) is 30.5 Å². The number of carboxylic acid groups (broad SMARTS) is 1. The monoisotopic (exact) mass is 291 g/mol. The van der Waals surface area contributed by atoms with Gasteiger partial charge in [-0.05, 0) is 18.6 Å². The van der Waals surface area contributed by atoms with Crippen LogP contribution in [0.15, 0.2) is 30.5 Å². The van der Waals surface area contributed by atoms with E-state index in [1.807, 2.05) is 24.3 Å². The fraction of sp³-hybridized carbons (Fsp3) is 0.471. The van der Waals surface area contributed by atoms with Gasteiger partial charge >= 0.3 is 5.97 Å². The number of rotatable bonds is 7. The number of nitrogens with one attached hydrogen (secondary N) is 1. The number of carbonyl (C=O) groups is 1. The van der Waals surface area contributed by atoms with Crippen molar-refractivity contribution in [3.8, 4) is 5.75 Å². The SMILES string of the molecule is CCCCCCCCC(=O)O.Oc1c[nH]c2ccccc12. The molecule has 0 unspecified atom stereocenters. The van der Waals surface area contributed by atoms with Crippen molar-refractivity contribution < 1.29 is 15.0 Å². The van der Waals surface area contributed by atoms with E-state index in [0.717, 1.165) is 23.7 Å². The first-order valence-corrected chi connectivity index (χ1v) is 7.62. The third-order valence-electron chi connectivity index (χ3n) is 3.31. The first kappa shape index (κ1) is 17.1. The Bertz CT molecular complexity index is 534. The second-order valence-electron chi connectivity index (χ2n) is 5.13. The van der Waals surface area contributed by atoms with Crippen LogP contribution in [-0.4, -0.2) is 21.2 Å². The average molecular weight is 291 g/mol. The number of benzene rings is 1. The molecule has 4 heteroatoms. The van der Waals surface area contributed by atoms with Crippen molar-refractivity contribution in [3.63, 3.8) is 0 Å². The van der Waals surface area contributed by atoms with Crippen LogP contribution in [0.25, 0.3) is 10.9 Å². The van der Waals surface area contributed by atoms with E-state index in [2.05, 4.69) is 11.9 Å². The van der Waals surface area contributed by atoms with E-state index in [-0.39, 0.29) is 0 Å². The molecule has 0 radical (unpaired) electrons. The molecule has 116 valence electrons. The number of aromatic amines is 1. The molecule has 0 amide bonds. The van der Waals surface area contributed by atoms with Crippen molar-refractivity contribution >= 4 is 16.9 Å². The van der Waals surface area contributed by atoms with Crippen LogP contribution in [0.2, 0.25) is 0 Å². The average Bonchev–Trinajstić information content (AvgIpc) is 2.85. The van der Waals surface area contributed by atoms with Crippen molar-refractivity contribution in [2.45, 2.75) is 51.9 Å². The third kappa shape index (κ3) is 6.84. The molecule has 0 aliphatic heterocycles. The first-order chi connectivity index (χ1) is 10.1. The summed E-state index contributed by atoms with van der Waals surface area (Å²) < 4.78 is 0. The van der Waals surface area contributed by atoms with E-state index in [1.165, 1.54) is 25.7 Å². The number of unbranched alkanes of at least 4 members (excludes halogenated alkanes) is 5. The van der Waals surface area contributed by atoms with Crippen LogP contribution in [0, 0.1) is 0 Å². The summed E-state index contributed by atoms with van der Waals surface area (Å²) in [7, 11) is 0. The highest BCUT2D eigenvalue weighted by Gasteiger charge is 1.97. The van der Waals surface area contributed by atoms with Gasteiger partial charge in [-0.1, -0.05) is 51.2 Å². The van der Waals surface area contributed by atoms with E-state index in [0.29, 0.717) is 12.2 Å². The van der Waals surface area contributed by atoms with Gasteiger partial charge in [0.2, 0.25) is 0 Å². The number of hydrogen-bond acceptors (Lipinski definition) is 2. The quantitative estimate of drug-likeness (QED) is 0.648. The van der Waals surface area contributed by atoms with Crippen molar-refractivity contribution in [1.29, 1.82) is 0 Å². The van der Waals surface area contributed by atoms with Gasteiger partial charge in [-0.3, -0.25) is 4.79 Å². The summed E-state index contributed by atoms with van der Waals surface area (Å²) in [6.07, 6.45) is 8.84. The molecule has 3 N–H and O–H groups in total. The normalized spacial score (nSPS) is 10.1. The Balaban J connectivity index is 0.000000210. The number of aromatic nitrogens is 1. The van der Waals surface area contributed by atoms with Gasteiger partial charge in [0, 0.05) is 23.5 Å². The predicted molar refractivity (Wildman–Crippen MR) is 85.6 cm³/mol. The highest BCUT2D eigenvalue weighted by molar-refractivity contribution is 5.85. The molecule has 0 spiro atoms. The zero-order valence-electron chi connectivity index (χ0n) is 12.6. The molecule has 4 nitrogen and oxygen atoms in total. The van der Waals surface area contributed by atoms with Gasteiger partial charge < -0.3 is 15.2 Å². The van der Waals surface area contributed by atoms with Gasteiger partial charge in [0.15, 0.2) is 0 Å². The lowest BCUT2D eigenvalue weighted by Gasteiger charge is -1.97. The van der Waals surface area contributed by atoms with Gasteiger partial charge in [0.1, 0.15) is 5.75 Å². The van der Waals surface area contributed by atoms with Crippen molar-refractivity contribution in [1.82, 2.24) is 4.98 Å². The van der Waals surface area contributed by atoms with Crippen LogP contribution in [-0.2, 0) is 4.79 Å². The molecule has 2 rings (SSSR count). The Labute approximate surface area is 125 Å². The molecule has 1 aromatic carbocycles. The summed E-state index contributed by atoms with van der Waals surface area (Å²) >= 11 is 0. The molecule has 1 heterocycles. The van der Waals surface area contributed by atoms with Crippen LogP contribution in [0.4, 0.5) is 0 Å². The maximum atomic E-state index is 10.1. The summed E-state index contributed by atoms with van der Waals surface area (Å²) in [5, 5.41) is 18.4. The van der Waals surface area contributed by atoms with Crippen molar-refractivity contribution in [2.75, 3.05) is 0 Å². The Morgan fingerprint density at radius 3 is 2.43 bits per heavy atom. The molecule has 0 saturated carbocycles. The van der Waals surface area contributed by atoms with Crippen LogP contribution in [0.5, 0.6) is 5.75 Å². The molecule has 21 heavy (non-hydrogen) atoms. The summed E-state index contributed by atoms with van der Waals surface area (Å²) in [4.78, 5) is 13.0. The second kappa shape index (κ2) is 9.86. The lowest BCUT2D eigenvalue weighted by Crippen LogP contribution is -1.93. The predicted octanol–water partition coefficient (Wildman–Crippen LogP) is 4.70. The fourth-order valence-electron chi connectivity index (χ4n) is 2.11. The molecule has 0 aliphatic carbocycles. The number of aliphatic carboxylic acids is 1. The van der Waals surface area contributed by atoms with E-state index in [4.69, 9.17) is 5.11 Å². The van der Waals surface area contributed by atoms with E-state index >= 15 is 0 Å². The van der Waals surface area contributed by atoms with Crippen LogP contribution in [0.1, 0.15) is 51.9 Å². The molecular formula is C17H25NO3. The topological polar surface area (TPSA) is 73.3 Å². The number of aromatic hydroxyl groups is 1. The van der Waals surface area contributed by atoms with Crippen molar-refractivity contribution in [2.24, 2.45) is 0 Å². The summed E-state index contributed by atoms with van der Waals surface area (Å²) in [6, 6.07) is 7.63. The Morgan fingerprint density at radius 2 is 1.76 bits per heavy atom. The second-order valence-corrected chi connectivity index (χ2v) is 5.13. The minimum Gasteiger partial charge on any atom is -0.506 e. The smallest absolute Gasteiger partial charge is 0.303 e. The van der Waals surface area contributed by atoms with E-state index < -0.39 is 5.97 Å². The maximum Gasteiger partial charge on any atom is 0.303 e.